The van der Waals surface area contributed by atoms with Gasteiger partial charge >= 0.3 is 12.1 Å². The van der Waals surface area contributed by atoms with Crippen molar-refractivity contribution in [2.45, 2.75) is 11.2 Å². The van der Waals surface area contributed by atoms with Gasteiger partial charge in [-0.1, -0.05) is 0 Å². The van der Waals surface area contributed by atoms with Crippen molar-refractivity contribution in [3.8, 4) is 0 Å². The van der Waals surface area contributed by atoms with Crippen LogP contribution >= 0.6 is 0 Å². The van der Waals surface area contributed by atoms with Gasteiger partial charge in [0.05, 0.1) is 5.56 Å². The second-order valence-electron chi connectivity index (χ2n) is 3.12. The second kappa shape index (κ2) is 3.99. The van der Waals surface area contributed by atoms with E-state index in [0.29, 0.717) is 18.4 Å². The van der Waals surface area contributed by atoms with Crippen LogP contribution in [0.1, 0.15) is 16.1 Å². The van der Waals surface area contributed by atoms with Crippen LogP contribution < -0.4 is 0 Å². The van der Waals surface area contributed by atoms with Crippen LogP contribution in [0.2, 0.25) is 0 Å². The van der Waals surface area contributed by atoms with E-state index >= 15 is 0 Å². The minimum atomic E-state index is -5.03. The maximum Gasteiger partial charge on any atom is 0.434 e. The van der Waals surface area contributed by atoms with Crippen molar-refractivity contribution >= 4 is 15.8 Å². The first-order chi connectivity index (χ1) is 7.53. The van der Waals surface area contributed by atoms with Crippen molar-refractivity contribution in [3.05, 3.63) is 23.4 Å². The SMILES string of the molecule is CS(=O)(=O)c1ccc(C(=O)O)c(C(F)(F)F)n1. The van der Waals surface area contributed by atoms with Crippen LogP contribution in [-0.2, 0) is 16.0 Å². The molecule has 94 valence electrons. The van der Waals surface area contributed by atoms with E-state index in [1.807, 2.05) is 0 Å². The number of hydrogen-bond donors (Lipinski definition) is 1. The number of aromatic nitrogens is 1. The normalized spacial score (nSPS) is 12.5. The van der Waals surface area contributed by atoms with Gasteiger partial charge < -0.3 is 5.11 Å². The summed E-state index contributed by atoms with van der Waals surface area (Å²) in [6.45, 7) is 0. The van der Waals surface area contributed by atoms with E-state index in [0.717, 1.165) is 0 Å². The van der Waals surface area contributed by atoms with Gasteiger partial charge in [-0.05, 0) is 12.1 Å². The van der Waals surface area contributed by atoms with Crippen LogP contribution in [-0.4, -0.2) is 30.7 Å². The molecule has 0 aliphatic carbocycles. The summed E-state index contributed by atoms with van der Waals surface area (Å²) in [6, 6.07) is 1.28. The van der Waals surface area contributed by atoms with Crippen LogP contribution in [0.25, 0.3) is 0 Å². The van der Waals surface area contributed by atoms with Crippen LogP contribution in [0.3, 0.4) is 0 Å². The average Bonchev–Trinajstić information content (AvgIpc) is 2.14. The van der Waals surface area contributed by atoms with Crippen molar-refractivity contribution in [3.63, 3.8) is 0 Å². The monoisotopic (exact) mass is 269 g/mol. The highest BCUT2D eigenvalue weighted by Gasteiger charge is 2.38. The Morgan fingerprint density at radius 1 is 1.35 bits per heavy atom. The molecule has 0 atom stereocenters. The third kappa shape index (κ3) is 2.93. The number of carboxylic acids is 1. The number of halogens is 3. The van der Waals surface area contributed by atoms with Crippen molar-refractivity contribution in [2.24, 2.45) is 0 Å². The van der Waals surface area contributed by atoms with Crippen molar-refractivity contribution < 1.29 is 31.5 Å². The molecule has 0 fully saturated rings. The van der Waals surface area contributed by atoms with Gasteiger partial charge in [0.25, 0.3) is 0 Å². The Kier molecular flexibility index (Phi) is 3.15. The third-order valence-electron chi connectivity index (χ3n) is 1.75. The molecule has 0 saturated carbocycles. The molecule has 1 aromatic heterocycles. The molecular formula is C8H6F3NO4S. The van der Waals surface area contributed by atoms with Gasteiger partial charge in [-0.15, -0.1) is 0 Å². The summed E-state index contributed by atoms with van der Waals surface area (Å²) in [5.41, 5.74) is -2.82. The van der Waals surface area contributed by atoms with Crippen LogP contribution in [0.5, 0.6) is 0 Å². The van der Waals surface area contributed by atoms with Crippen LogP contribution in [0.15, 0.2) is 17.2 Å². The fourth-order valence-corrected chi connectivity index (χ4v) is 1.61. The number of hydrogen-bond acceptors (Lipinski definition) is 4. The Morgan fingerprint density at radius 2 is 1.88 bits per heavy atom. The van der Waals surface area contributed by atoms with Crippen LogP contribution in [0.4, 0.5) is 13.2 Å². The number of alkyl halides is 3. The minimum absolute atomic E-state index is 0.564. The summed E-state index contributed by atoms with van der Waals surface area (Å²) < 4.78 is 59.4. The highest BCUT2D eigenvalue weighted by Crippen LogP contribution is 2.31. The van der Waals surface area contributed by atoms with Gasteiger partial charge in [0.2, 0.25) is 0 Å². The smallest absolute Gasteiger partial charge is 0.434 e. The van der Waals surface area contributed by atoms with E-state index < -0.39 is 38.3 Å². The summed E-state index contributed by atoms with van der Waals surface area (Å²) in [5.74, 6) is -1.83. The zero-order chi connectivity index (χ0) is 13.4. The minimum Gasteiger partial charge on any atom is -0.478 e. The van der Waals surface area contributed by atoms with E-state index in [1.165, 1.54) is 0 Å². The largest absolute Gasteiger partial charge is 0.478 e. The molecule has 1 heterocycles. The highest BCUT2D eigenvalue weighted by molar-refractivity contribution is 7.90. The van der Waals surface area contributed by atoms with Crippen molar-refractivity contribution in [2.75, 3.05) is 6.26 Å². The Labute approximate surface area is 93.8 Å². The first kappa shape index (κ1) is 13.4. The molecule has 1 aromatic rings. The van der Waals surface area contributed by atoms with Gasteiger partial charge in [-0.25, -0.2) is 18.2 Å². The average molecular weight is 269 g/mol. The van der Waals surface area contributed by atoms with E-state index in [2.05, 4.69) is 4.98 Å². The zero-order valence-electron chi connectivity index (χ0n) is 8.32. The quantitative estimate of drug-likeness (QED) is 0.872. The van der Waals surface area contributed by atoms with Gasteiger partial charge in [0.15, 0.2) is 20.6 Å². The molecular weight excluding hydrogens is 263 g/mol. The number of carbonyl (C=O) groups is 1. The predicted molar refractivity (Wildman–Crippen MR) is 49.3 cm³/mol. The van der Waals surface area contributed by atoms with Crippen molar-refractivity contribution in [1.29, 1.82) is 0 Å². The summed E-state index contributed by atoms with van der Waals surface area (Å²) >= 11 is 0. The fourth-order valence-electron chi connectivity index (χ4n) is 1.04. The molecule has 0 aliphatic rings. The lowest BCUT2D eigenvalue weighted by Gasteiger charge is -2.10. The lowest BCUT2D eigenvalue weighted by molar-refractivity contribution is -0.142. The molecule has 0 aromatic carbocycles. The topological polar surface area (TPSA) is 84.3 Å². The summed E-state index contributed by atoms with van der Waals surface area (Å²) in [6.07, 6.45) is -4.36. The number of aromatic carboxylic acids is 1. The van der Waals surface area contributed by atoms with E-state index in [-0.39, 0.29) is 0 Å². The number of rotatable bonds is 2. The Balaban J connectivity index is 3.57. The molecule has 1 N–H and O–H groups in total. The summed E-state index contributed by atoms with van der Waals surface area (Å²) in [7, 11) is -3.93. The summed E-state index contributed by atoms with van der Waals surface area (Å²) in [5, 5.41) is 7.71. The second-order valence-corrected chi connectivity index (χ2v) is 5.08. The van der Waals surface area contributed by atoms with Gasteiger partial charge in [0.1, 0.15) is 0 Å². The number of carboxylic acid groups (broad SMARTS) is 1. The molecule has 0 spiro atoms. The zero-order valence-corrected chi connectivity index (χ0v) is 9.13. The maximum absolute atomic E-state index is 12.5. The molecule has 0 saturated heterocycles. The molecule has 0 bridgehead atoms. The number of pyridine rings is 1. The fraction of sp³-hybridized carbons (Fsp3) is 0.250. The molecule has 0 unspecified atom stereocenters. The molecule has 5 nitrogen and oxygen atoms in total. The molecule has 0 amide bonds. The van der Waals surface area contributed by atoms with Crippen LogP contribution in [0, 0.1) is 0 Å². The first-order valence-electron chi connectivity index (χ1n) is 4.05. The third-order valence-corrected chi connectivity index (χ3v) is 2.74. The van der Waals surface area contributed by atoms with Crippen molar-refractivity contribution in [1.82, 2.24) is 4.98 Å². The standard InChI is InChI=1S/C8H6F3NO4S/c1-17(15,16)5-3-2-4(7(13)14)6(12-5)8(9,10)11/h2-3H,1H3,(H,13,14). The molecule has 1 rings (SSSR count). The molecule has 0 radical (unpaired) electrons. The maximum atomic E-state index is 12.5. The molecule has 9 heteroatoms. The highest BCUT2D eigenvalue weighted by atomic mass is 32.2. The number of nitrogens with zero attached hydrogens (tertiary/aromatic N) is 1. The molecule has 0 aliphatic heterocycles. The lowest BCUT2D eigenvalue weighted by Crippen LogP contribution is -2.17. The van der Waals surface area contributed by atoms with Gasteiger partial charge in [-0.2, -0.15) is 13.2 Å². The number of sulfone groups is 1. The van der Waals surface area contributed by atoms with Gasteiger partial charge in [-0.3, -0.25) is 0 Å². The van der Waals surface area contributed by atoms with E-state index in [9.17, 15) is 26.4 Å². The van der Waals surface area contributed by atoms with E-state index in [1.54, 1.807) is 0 Å². The Hall–Kier alpha value is -1.64. The summed E-state index contributed by atoms with van der Waals surface area (Å²) in [4.78, 5) is 13.4. The predicted octanol–water partition coefficient (Wildman–Crippen LogP) is 1.20. The molecule has 17 heavy (non-hydrogen) atoms. The Bertz CT molecular complexity index is 565. The van der Waals surface area contributed by atoms with E-state index in [4.69, 9.17) is 5.11 Å². The Morgan fingerprint density at radius 3 is 2.24 bits per heavy atom. The lowest BCUT2D eigenvalue weighted by atomic mass is 10.2. The first-order valence-corrected chi connectivity index (χ1v) is 5.94. The van der Waals surface area contributed by atoms with Gasteiger partial charge in [0, 0.05) is 6.26 Å².